The third-order valence-corrected chi connectivity index (χ3v) is 2.07. The Morgan fingerprint density at radius 2 is 2.27 bits per heavy atom. The fourth-order valence-corrected chi connectivity index (χ4v) is 1.41. The van der Waals surface area contributed by atoms with Crippen LogP contribution < -0.4 is 5.43 Å². The third-order valence-electron chi connectivity index (χ3n) is 2.07. The molecule has 1 heterocycles. The molecule has 2 aliphatic rings. The van der Waals surface area contributed by atoms with Crippen molar-refractivity contribution in [3.8, 4) is 0 Å². The summed E-state index contributed by atoms with van der Waals surface area (Å²) in [6.45, 7) is 0.317. The molecule has 0 bridgehead atoms. The monoisotopic (exact) mass is 153 g/mol. The van der Waals surface area contributed by atoms with E-state index in [1.54, 1.807) is 0 Å². The molecule has 0 aromatic carbocycles. The van der Waals surface area contributed by atoms with Crippen molar-refractivity contribution in [2.24, 2.45) is 10.3 Å². The molecule has 0 saturated heterocycles. The quantitative estimate of drug-likeness (QED) is 0.482. The van der Waals surface area contributed by atoms with Crippen LogP contribution in [0.15, 0.2) is 10.3 Å². The van der Waals surface area contributed by atoms with Gasteiger partial charge in [0.2, 0.25) is 0 Å². The van der Waals surface area contributed by atoms with Gasteiger partial charge >= 0.3 is 0 Å². The number of nitrogens with zero attached hydrogens (tertiary/aromatic N) is 2. The molecule has 1 aliphatic heterocycles. The molecule has 1 spiro atoms. The Hall–Kier alpha value is -1.26. The number of rotatable bonds is 0. The van der Waals surface area contributed by atoms with Gasteiger partial charge in [-0.2, -0.15) is 5.11 Å². The number of carbonyl (C=O) groups is 2. The van der Waals surface area contributed by atoms with Crippen LogP contribution in [0.4, 0.5) is 0 Å². The zero-order chi connectivity index (χ0) is 7.90. The zero-order valence-electron chi connectivity index (χ0n) is 5.83. The molecular weight excluding hydrogens is 146 g/mol. The minimum absolute atomic E-state index is 0.0187. The smallest absolute Gasteiger partial charge is 0.169 e. The summed E-state index contributed by atoms with van der Waals surface area (Å²) in [4.78, 5) is 22.1. The van der Waals surface area contributed by atoms with Crippen LogP contribution in [0, 0.1) is 0 Å². The van der Waals surface area contributed by atoms with Crippen molar-refractivity contribution in [1.82, 2.24) is 5.43 Å². The summed E-state index contributed by atoms with van der Waals surface area (Å²) in [5, 5.41) is 7.15. The number of carbonyl (C=O) groups excluding carboxylic acids is 2. The summed E-state index contributed by atoms with van der Waals surface area (Å²) in [6, 6.07) is 0. The highest BCUT2D eigenvalue weighted by atomic mass is 16.2. The van der Waals surface area contributed by atoms with E-state index >= 15 is 0 Å². The van der Waals surface area contributed by atoms with Crippen LogP contribution >= 0.6 is 0 Å². The van der Waals surface area contributed by atoms with Crippen molar-refractivity contribution < 1.29 is 9.59 Å². The maximum absolute atomic E-state index is 11.2. The zero-order valence-corrected chi connectivity index (χ0v) is 5.83. The lowest BCUT2D eigenvalue weighted by atomic mass is 9.98. The maximum Gasteiger partial charge on any atom is 0.169 e. The predicted octanol–water partition coefficient (Wildman–Crippen LogP) is -0.372. The molecule has 5 nitrogen and oxygen atoms in total. The van der Waals surface area contributed by atoms with Gasteiger partial charge in [0.25, 0.3) is 0 Å². The van der Waals surface area contributed by atoms with E-state index in [9.17, 15) is 9.59 Å². The second kappa shape index (κ2) is 1.87. The van der Waals surface area contributed by atoms with Gasteiger partial charge in [-0.15, -0.1) is 0 Å². The predicted molar refractivity (Wildman–Crippen MR) is 34.8 cm³/mol. The van der Waals surface area contributed by atoms with Gasteiger partial charge < -0.3 is 0 Å². The number of ketones is 2. The summed E-state index contributed by atoms with van der Waals surface area (Å²) in [7, 11) is 0. The summed E-state index contributed by atoms with van der Waals surface area (Å²) in [5.41, 5.74) is 1.85. The van der Waals surface area contributed by atoms with E-state index in [0.29, 0.717) is 6.54 Å². The topological polar surface area (TPSA) is 70.9 Å². The van der Waals surface area contributed by atoms with Gasteiger partial charge in [0, 0.05) is 6.42 Å². The lowest BCUT2D eigenvalue weighted by molar-refractivity contribution is -0.123. The molecule has 0 radical (unpaired) electrons. The number of hydrogen-bond acceptors (Lipinski definition) is 5. The fourth-order valence-electron chi connectivity index (χ4n) is 1.41. The van der Waals surface area contributed by atoms with Gasteiger partial charge in [0.1, 0.15) is 11.3 Å². The number of hydrogen-bond donors (Lipinski definition) is 1. The fraction of sp³-hybridized carbons (Fsp3) is 0.667. The summed E-state index contributed by atoms with van der Waals surface area (Å²) >= 11 is 0. The molecule has 2 rings (SSSR count). The molecule has 1 N–H and O–H groups in total. The summed E-state index contributed by atoms with van der Waals surface area (Å²) in [6.07, 6.45) is 0.289. The average molecular weight is 153 g/mol. The summed E-state index contributed by atoms with van der Waals surface area (Å²) < 4.78 is 0. The molecule has 0 amide bonds. The van der Waals surface area contributed by atoms with Crippen molar-refractivity contribution in [2.75, 3.05) is 6.54 Å². The molecule has 1 fully saturated rings. The molecule has 1 saturated carbocycles. The Labute approximate surface area is 62.8 Å². The molecule has 0 aromatic rings. The molecule has 5 heteroatoms. The highest BCUT2D eigenvalue weighted by Gasteiger charge is 2.48. The van der Waals surface area contributed by atoms with Crippen molar-refractivity contribution >= 4 is 11.6 Å². The number of Topliss-reactive ketones (excluding diaryl/α,β-unsaturated/α-hetero) is 2. The average Bonchev–Trinajstić information content (AvgIpc) is 2.45. The Morgan fingerprint density at radius 3 is 2.73 bits per heavy atom. The second-order valence-corrected chi connectivity index (χ2v) is 2.91. The van der Waals surface area contributed by atoms with Crippen molar-refractivity contribution in [2.45, 2.75) is 18.4 Å². The SMILES string of the molecule is O=C1CC(=O)C2(CN=NN2)C1. The Balaban J connectivity index is 2.26. The Kier molecular flexibility index (Phi) is 1.10. The van der Waals surface area contributed by atoms with E-state index in [-0.39, 0.29) is 24.4 Å². The minimum Gasteiger partial charge on any atom is -0.299 e. The van der Waals surface area contributed by atoms with Gasteiger partial charge in [-0.05, 0) is 0 Å². The maximum atomic E-state index is 11.2. The van der Waals surface area contributed by atoms with E-state index in [0.717, 1.165) is 0 Å². The van der Waals surface area contributed by atoms with E-state index in [4.69, 9.17) is 0 Å². The standard InChI is InChI=1S/C6H7N3O2/c10-4-1-5(11)6(2-4)3-7-9-8-6/h1-3H2,(H,7,8). The van der Waals surface area contributed by atoms with Crippen LogP contribution in [-0.4, -0.2) is 23.7 Å². The van der Waals surface area contributed by atoms with Gasteiger partial charge in [0.15, 0.2) is 5.78 Å². The van der Waals surface area contributed by atoms with Gasteiger partial charge in [-0.1, -0.05) is 5.22 Å². The van der Waals surface area contributed by atoms with Crippen LogP contribution in [0.3, 0.4) is 0 Å². The van der Waals surface area contributed by atoms with Gasteiger partial charge in [-0.3, -0.25) is 15.0 Å². The molecule has 1 aliphatic carbocycles. The van der Waals surface area contributed by atoms with Gasteiger partial charge in [-0.25, -0.2) is 0 Å². The molecule has 11 heavy (non-hydrogen) atoms. The lowest BCUT2D eigenvalue weighted by Crippen LogP contribution is -2.45. The van der Waals surface area contributed by atoms with Crippen LogP contribution in [0.5, 0.6) is 0 Å². The van der Waals surface area contributed by atoms with Crippen molar-refractivity contribution in [3.05, 3.63) is 0 Å². The third kappa shape index (κ3) is 0.768. The summed E-state index contributed by atoms with van der Waals surface area (Å²) in [5.74, 6) is -0.0951. The second-order valence-electron chi connectivity index (χ2n) is 2.91. The molecule has 1 unspecified atom stereocenters. The van der Waals surface area contributed by atoms with E-state index in [1.165, 1.54) is 0 Å². The van der Waals surface area contributed by atoms with E-state index < -0.39 is 5.54 Å². The normalized spacial score (nSPS) is 35.3. The van der Waals surface area contributed by atoms with E-state index in [2.05, 4.69) is 15.8 Å². The first-order valence-electron chi connectivity index (χ1n) is 3.42. The Morgan fingerprint density at radius 1 is 1.45 bits per heavy atom. The van der Waals surface area contributed by atoms with Gasteiger partial charge in [0.05, 0.1) is 13.0 Å². The Bertz CT molecular complexity index is 251. The first-order chi connectivity index (χ1) is 5.23. The number of nitrogens with one attached hydrogen (secondary N) is 1. The van der Waals surface area contributed by atoms with Crippen LogP contribution in [0.1, 0.15) is 12.8 Å². The van der Waals surface area contributed by atoms with Crippen molar-refractivity contribution in [1.29, 1.82) is 0 Å². The van der Waals surface area contributed by atoms with E-state index in [1.807, 2.05) is 0 Å². The first kappa shape index (κ1) is 6.45. The molecular formula is C6H7N3O2. The van der Waals surface area contributed by atoms with Crippen LogP contribution in [0.2, 0.25) is 0 Å². The van der Waals surface area contributed by atoms with Crippen LogP contribution in [-0.2, 0) is 9.59 Å². The molecule has 58 valence electrons. The molecule has 1 atom stereocenters. The largest absolute Gasteiger partial charge is 0.299 e. The minimum atomic E-state index is -0.753. The highest BCUT2D eigenvalue weighted by Crippen LogP contribution is 2.26. The van der Waals surface area contributed by atoms with Crippen LogP contribution in [0.25, 0.3) is 0 Å². The lowest BCUT2D eigenvalue weighted by Gasteiger charge is -2.16. The van der Waals surface area contributed by atoms with Crippen molar-refractivity contribution in [3.63, 3.8) is 0 Å². The highest BCUT2D eigenvalue weighted by molar-refractivity contribution is 6.11. The first-order valence-corrected chi connectivity index (χ1v) is 3.42. The molecule has 0 aromatic heterocycles.